The van der Waals surface area contributed by atoms with E-state index in [1.54, 1.807) is 6.92 Å². The molecular formula is C14H22N4O. The summed E-state index contributed by atoms with van der Waals surface area (Å²) >= 11 is 0. The van der Waals surface area contributed by atoms with Gasteiger partial charge in [-0.15, -0.1) is 0 Å². The second-order valence-corrected chi connectivity index (χ2v) is 5.10. The molecule has 1 aliphatic heterocycles. The number of nitrogens with one attached hydrogen (secondary N) is 1. The van der Waals surface area contributed by atoms with E-state index in [-0.39, 0.29) is 5.91 Å². The normalized spacial score (nSPS) is 16.4. The van der Waals surface area contributed by atoms with E-state index in [0.29, 0.717) is 11.9 Å². The maximum Gasteiger partial charge on any atom is 0.222 e. The number of amides is 1. The molecule has 0 spiro atoms. The average molecular weight is 262 g/mol. The zero-order chi connectivity index (χ0) is 13.7. The minimum Gasteiger partial charge on any atom is -0.354 e. The first-order valence-corrected chi connectivity index (χ1v) is 6.99. The summed E-state index contributed by atoms with van der Waals surface area (Å²) in [5, 5.41) is 3.28. The molecule has 0 atom stereocenters. The van der Waals surface area contributed by atoms with Crippen molar-refractivity contribution in [2.24, 2.45) is 5.92 Å². The number of hydrogen-bond donors (Lipinski definition) is 1. The van der Waals surface area contributed by atoms with Gasteiger partial charge < -0.3 is 10.2 Å². The van der Waals surface area contributed by atoms with E-state index in [0.717, 1.165) is 44.5 Å². The smallest absolute Gasteiger partial charge is 0.222 e. The molecule has 0 radical (unpaired) electrons. The molecule has 5 nitrogen and oxygen atoms in total. The van der Waals surface area contributed by atoms with Crippen LogP contribution < -0.4 is 5.32 Å². The van der Waals surface area contributed by atoms with E-state index in [1.165, 1.54) is 0 Å². The first-order chi connectivity index (χ1) is 9.19. The molecule has 0 aliphatic carbocycles. The molecule has 19 heavy (non-hydrogen) atoms. The Balaban J connectivity index is 1.75. The van der Waals surface area contributed by atoms with Gasteiger partial charge in [0, 0.05) is 39.0 Å². The molecule has 0 bridgehead atoms. The lowest BCUT2D eigenvalue weighted by atomic mass is 9.97. The predicted molar refractivity (Wildman–Crippen MR) is 74.9 cm³/mol. The summed E-state index contributed by atoms with van der Waals surface area (Å²) in [6, 6.07) is 0. The van der Waals surface area contributed by atoms with Crippen LogP contribution in [0.15, 0.2) is 12.4 Å². The van der Waals surface area contributed by atoms with Crippen molar-refractivity contribution in [3.8, 4) is 0 Å². The zero-order valence-corrected chi connectivity index (χ0v) is 11.7. The van der Waals surface area contributed by atoms with Gasteiger partial charge in [-0.05, 0) is 30.7 Å². The maximum atomic E-state index is 11.2. The topological polar surface area (TPSA) is 58.1 Å². The third-order valence-corrected chi connectivity index (χ3v) is 3.72. The third-order valence-electron chi connectivity index (χ3n) is 3.72. The van der Waals surface area contributed by atoms with E-state index >= 15 is 0 Å². The summed E-state index contributed by atoms with van der Waals surface area (Å²) in [7, 11) is 0. The third kappa shape index (κ3) is 3.91. The Morgan fingerprint density at radius 1 is 1.37 bits per heavy atom. The first kappa shape index (κ1) is 13.8. The SMILES string of the molecule is CCc1cnc(NCC2CCN(C(C)=O)CC2)nc1. The van der Waals surface area contributed by atoms with Crippen LogP contribution >= 0.6 is 0 Å². The quantitative estimate of drug-likeness (QED) is 0.897. The summed E-state index contributed by atoms with van der Waals surface area (Å²) in [6.45, 7) is 6.36. The molecule has 1 aromatic rings. The number of nitrogens with zero attached hydrogens (tertiary/aromatic N) is 3. The number of hydrogen-bond acceptors (Lipinski definition) is 4. The Hall–Kier alpha value is -1.65. The van der Waals surface area contributed by atoms with E-state index in [2.05, 4.69) is 22.2 Å². The molecule has 1 aliphatic rings. The van der Waals surface area contributed by atoms with Crippen LogP contribution in [-0.4, -0.2) is 40.4 Å². The highest BCUT2D eigenvalue weighted by Gasteiger charge is 2.20. The van der Waals surface area contributed by atoms with Crippen molar-refractivity contribution in [3.05, 3.63) is 18.0 Å². The molecule has 104 valence electrons. The molecule has 5 heteroatoms. The molecule has 2 rings (SSSR count). The van der Waals surface area contributed by atoms with Crippen LogP contribution in [0.25, 0.3) is 0 Å². The van der Waals surface area contributed by atoms with Crippen LogP contribution in [0.2, 0.25) is 0 Å². The average Bonchev–Trinajstić information content (AvgIpc) is 2.46. The molecule has 1 fully saturated rings. The van der Waals surface area contributed by atoms with Gasteiger partial charge >= 0.3 is 0 Å². The highest BCUT2D eigenvalue weighted by Crippen LogP contribution is 2.17. The van der Waals surface area contributed by atoms with Gasteiger partial charge in [-0.25, -0.2) is 9.97 Å². The number of aryl methyl sites for hydroxylation is 1. The van der Waals surface area contributed by atoms with Crippen LogP contribution in [0.4, 0.5) is 5.95 Å². The zero-order valence-electron chi connectivity index (χ0n) is 11.7. The largest absolute Gasteiger partial charge is 0.354 e. The van der Waals surface area contributed by atoms with Gasteiger partial charge in [0.15, 0.2) is 0 Å². The summed E-state index contributed by atoms with van der Waals surface area (Å²) in [4.78, 5) is 21.7. The van der Waals surface area contributed by atoms with Crippen molar-refractivity contribution in [1.82, 2.24) is 14.9 Å². The first-order valence-electron chi connectivity index (χ1n) is 6.99. The Morgan fingerprint density at radius 3 is 2.53 bits per heavy atom. The number of piperidine rings is 1. The minimum absolute atomic E-state index is 0.185. The maximum absolute atomic E-state index is 11.2. The second kappa shape index (κ2) is 6.50. The van der Waals surface area contributed by atoms with E-state index < -0.39 is 0 Å². The number of anilines is 1. The van der Waals surface area contributed by atoms with Gasteiger partial charge in [-0.1, -0.05) is 6.92 Å². The molecule has 2 heterocycles. The van der Waals surface area contributed by atoms with Crippen LogP contribution in [0, 0.1) is 5.92 Å². The fraction of sp³-hybridized carbons (Fsp3) is 0.643. The second-order valence-electron chi connectivity index (χ2n) is 5.10. The fourth-order valence-electron chi connectivity index (χ4n) is 2.32. The van der Waals surface area contributed by atoms with Crippen molar-refractivity contribution in [2.75, 3.05) is 25.0 Å². The highest BCUT2D eigenvalue weighted by atomic mass is 16.2. The van der Waals surface area contributed by atoms with Crippen molar-refractivity contribution < 1.29 is 4.79 Å². The number of rotatable bonds is 4. The lowest BCUT2D eigenvalue weighted by molar-refractivity contribution is -0.130. The van der Waals surface area contributed by atoms with Crippen molar-refractivity contribution in [1.29, 1.82) is 0 Å². The molecule has 0 saturated carbocycles. The van der Waals surface area contributed by atoms with Gasteiger partial charge in [0.2, 0.25) is 11.9 Å². The number of likely N-dealkylation sites (tertiary alicyclic amines) is 1. The van der Waals surface area contributed by atoms with Gasteiger partial charge in [0.05, 0.1) is 0 Å². The van der Waals surface area contributed by atoms with Crippen molar-refractivity contribution >= 4 is 11.9 Å². The fourth-order valence-corrected chi connectivity index (χ4v) is 2.32. The van der Waals surface area contributed by atoms with E-state index in [9.17, 15) is 4.79 Å². The van der Waals surface area contributed by atoms with E-state index in [1.807, 2.05) is 17.3 Å². The highest BCUT2D eigenvalue weighted by molar-refractivity contribution is 5.73. The molecule has 1 aromatic heterocycles. The number of carbonyl (C=O) groups is 1. The molecular weight excluding hydrogens is 240 g/mol. The molecule has 1 N–H and O–H groups in total. The Morgan fingerprint density at radius 2 is 2.00 bits per heavy atom. The van der Waals surface area contributed by atoms with Gasteiger partial charge in [0.25, 0.3) is 0 Å². The van der Waals surface area contributed by atoms with Crippen molar-refractivity contribution in [3.63, 3.8) is 0 Å². The van der Waals surface area contributed by atoms with Gasteiger partial charge in [-0.3, -0.25) is 4.79 Å². The van der Waals surface area contributed by atoms with Crippen LogP contribution in [0.1, 0.15) is 32.3 Å². The van der Waals surface area contributed by atoms with Crippen molar-refractivity contribution in [2.45, 2.75) is 33.1 Å². The lowest BCUT2D eigenvalue weighted by Gasteiger charge is -2.31. The monoisotopic (exact) mass is 262 g/mol. The lowest BCUT2D eigenvalue weighted by Crippen LogP contribution is -2.38. The van der Waals surface area contributed by atoms with Gasteiger partial charge in [0.1, 0.15) is 0 Å². The molecule has 0 unspecified atom stereocenters. The Bertz CT molecular complexity index is 410. The summed E-state index contributed by atoms with van der Waals surface area (Å²) in [5.41, 5.74) is 1.15. The molecule has 1 amide bonds. The summed E-state index contributed by atoms with van der Waals surface area (Å²) < 4.78 is 0. The van der Waals surface area contributed by atoms with Crippen LogP contribution in [-0.2, 0) is 11.2 Å². The molecule has 1 saturated heterocycles. The predicted octanol–water partition coefficient (Wildman–Crippen LogP) is 1.71. The van der Waals surface area contributed by atoms with Crippen LogP contribution in [0.5, 0.6) is 0 Å². The Kier molecular flexibility index (Phi) is 4.71. The van der Waals surface area contributed by atoms with E-state index in [4.69, 9.17) is 0 Å². The van der Waals surface area contributed by atoms with Gasteiger partial charge in [-0.2, -0.15) is 0 Å². The Labute approximate surface area is 114 Å². The number of carbonyl (C=O) groups excluding carboxylic acids is 1. The standard InChI is InChI=1S/C14H22N4O/c1-3-12-8-15-14(16-9-12)17-10-13-4-6-18(7-5-13)11(2)19/h8-9,13H,3-7,10H2,1-2H3,(H,15,16,17). The summed E-state index contributed by atoms with van der Waals surface area (Å²) in [6.07, 6.45) is 6.81. The minimum atomic E-state index is 0.185. The summed E-state index contributed by atoms with van der Waals surface area (Å²) in [5.74, 6) is 1.49. The van der Waals surface area contributed by atoms with Crippen LogP contribution in [0.3, 0.4) is 0 Å². The molecule has 0 aromatic carbocycles. The number of aromatic nitrogens is 2.